The zero-order valence-corrected chi connectivity index (χ0v) is 9.51. The van der Waals surface area contributed by atoms with Gasteiger partial charge in [-0.3, -0.25) is 0 Å². The van der Waals surface area contributed by atoms with Crippen molar-refractivity contribution in [2.24, 2.45) is 0 Å². The van der Waals surface area contributed by atoms with Crippen LogP contribution in [0.2, 0.25) is 0 Å². The van der Waals surface area contributed by atoms with E-state index in [1.54, 1.807) is 24.5 Å². The Kier molecular flexibility index (Phi) is 3.66. The van der Waals surface area contributed by atoms with Crippen LogP contribution in [-0.2, 0) is 0 Å². The fourth-order valence-electron chi connectivity index (χ4n) is 1.42. The van der Waals surface area contributed by atoms with E-state index >= 15 is 0 Å². The number of rotatable bonds is 4. The van der Waals surface area contributed by atoms with Gasteiger partial charge in [-0.15, -0.1) is 0 Å². The van der Waals surface area contributed by atoms with Gasteiger partial charge in [0.05, 0.1) is 7.11 Å². The molecule has 0 saturated carbocycles. The molecule has 0 atom stereocenters. The van der Waals surface area contributed by atoms with Crippen molar-refractivity contribution < 1.29 is 18.3 Å². The van der Waals surface area contributed by atoms with Crippen molar-refractivity contribution in [3.8, 4) is 22.9 Å². The maximum absolute atomic E-state index is 12.1. The maximum Gasteiger partial charge on any atom is 0.387 e. The number of aromatic nitrogens is 2. The number of methoxy groups -OCH3 is 1. The first-order chi connectivity index (χ1) is 8.69. The second-order valence-corrected chi connectivity index (χ2v) is 3.36. The quantitative estimate of drug-likeness (QED) is 0.839. The molecule has 0 N–H and O–H groups in total. The van der Waals surface area contributed by atoms with Gasteiger partial charge in [0.25, 0.3) is 0 Å². The molecular weight excluding hydrogens is 242 g/mol. The largest absolute Gasteiger partial charge is 0.467 e. The normalized spacial score (nSPS) is 10.4. The van der Waals surface area contributed by atoms with Crippen LogP contribution in [-0.4, -0.2) is 23.7 Å². The van der Waals surface area contributed by atoms with Gasteiger partial charge in [-0.05, 0) is 17.7 Å². The summed E-state index contributed by atoms with van der Waals surface area (Å²) in [5, 5.41) is 0. The summed E-state index contributed by atoms with van der Waals surface area (Å²) in [4.78, 5) is 7.88. The molecule has 1 aromatic heterocycles. The number of hydrogen-bond donors (Lipinski definition) is 0. The summed E-state index contributed by atoms with van der Waals surface area (Å²) in [7, 11) is 1.46. The average molecular weight is 252 g/mol. The molecule has 0 amide bonds. The molecule has 2 aromatic rings. The molecule has 94 valence electrons. The minimum Gasteiger partial charge on any atom is -0.467 e. The smallest absolute Gasteiger partial charge is 0.387 e. The molecule has 0 aliphatic rings. The van der Waals surface area contributed by atoms with Gasteiger partial charge in [0.1, 0.15) is 5.75 Å². The summed E-state index contributed by atoms with van der Waals surface area (Å²) in [6, 6.07) is 6.58. The van der Waals surface area contributed by atoms with Crippen LogP contribution in [0.5, 0.6) is 11.8 Å². The van der Waals surface area contributed by atoms with Crippen LogP contribution in [0.4, 0.5) is 8.78 Å². The zero-order valence-electron chi connectivity index (χ0n) is 9.51. The Labute approximate surface area is 102 Å². The highest BCUT2D eigenvalue weighted by Gasteiger charge is 2.06. The minimum absolute atomic E-state index is 0.0957. The Bertz CT molecular complexity index is 518. The third kappa shape index (κ3) is 2.91. The first-order valence-electron chi connectivity index (χ1n) is 5.10. The van der Waals surface area contributed by atoms with E-state index in [1.165, 1.54) is 19.2 Å². The van der Waals surface area contributed by atoms with Gasteiger partial charge in [0.15, 0.2) is 0 Å². The van der Waals surface area contributed by atoms with Gasteiger partial charge in [-0.25, -0.2) is 9.97 Å². The fraction of sp³-hybridized carbons (Fsp3) is 0.167. The van der Waals surface area contributed by atoms with Crippen molar-refractivity contribution in [1.29, 1.82) is 0 Å². The molecule has 0 radical (unpaired) electrons. The monoisotopic (exact) mass is 252 g/mol. The predicted octanol–water partition coefficient (Wildman–Crippen LogP) is 2.75. The molecule has 1 aromatic carbocycles. The fourth-order valence-corrected chi connectivity index (χ4v) is 1.42. The molecule has 0 unspecified atom stereocenters. The average Bonchev–Trinajstić information content (AvgIpc) is 2.38. The Morgan fingerprint density at radius 3 is 2.44 bits per heavy atom. The highest BCUT2D eigenvalue weighted by atomic mass is 19.3. The molecule has 0 fully saturated rings. The van der Waals surface area contributed by atoms with E-state index in [0.29, 0.717) is 11.1 Å². The van der Waals surface area contributed by atoms with Gasteiger partial charge < -0.3 is 9.47 Å². The van der Waals surface area contributed by atoms with Crippen molar-refractivity contribution >= 4 is 0 Å². The van der Waals surface area contributed by atoms with E-state index in [9.17, 15) is 8.78 Å². The van der Waals surface area contributed by atoms with Gasteiger partial charge in [-0.2, -0.15) is 8.78 Å². The Morgan fingerprint density at radius 2 is 1.83 bits per heavy atom. The van der Waals surface area contributed by atoms with Gasteiger partial charge in [-0.1, -0.05) is 12.1 Å². The molecule has 0 spiro atoms. The minimum atomic E-state index is -2.84. The van der Waals surface area contributed by atoms with Crippen LogP contribution in [0.15, 0.2) is 36.7 Å². The first kappa shape index (κ1) is 12.2. The summed E-state index contributed by atoms with van der Waals surface area (Å²) in [6.07, 6.45) is 3.10. The van der Waals surface area contributed by atoms with Gasteiger partial charge in [0.2, 0.25) is 0 Å². The van der Waals surface area contributed by atoms with Crippen LogP contribution in [0.3, 0.4) is 0 Å². The van der Waals surface area contributed by atoms with E-state index in [1.807, 2.05) is 0 Å². The molecule has 0 aliphatic heterocycles. The molecule has 1 heterocycles. The van der Waals surface area contributed by atoms with Crippen molar-refractivity contribution in [2.45, 2.75) is 6.61 Å². The number of alkyl halides is 2. The highest BCUT2D eigenvalue weighted by molar-refractivity contribution is 5.63. The molecule has 18 heavy (non-hydrogen) atoms. The second kappa shape index (κ2) is 5.39. The predicted molar refractivity (Wildman–Crippen MR) is 60.7 cm³/mol. The highest BCUT2D eigenvalue weighted by Crippen LogP contribution is 2.24. The van der Waals surface area contributed by atoms with Crippen molar-refractivity contribution in [3.63, 3.8) is 0 Å². The molecule has 0 saturated heterocycles. The van der Waals surface area contributed by atoms with E-state index in [-0.39, 0.29) is 11.8 Å². The maximum atomic E-state index is 12.1. The van der Waals surface area contributed by atoms with Crippen LogP contribution in [0, 0.1) is 0 Å². The number of ether oxygens (including phenoxy) is 2. The molecule has 0 aliphatic carbocycles. The van der Waals surface area contributed by atoms with Crippen molar-refractivity contribution in [3.05, 3.63) is 36.7 Å². The lowest BCUT2D eigenvalue weighted by molar-refractivity contribution is -0.0498. The Hall–Kier alpha value is -2.24. The summed E-state index contributed by atoms with van der Waals surface area (Å²) in [6.45, 7) is -2.84. The summed E-state index contributed by atoms with van der Waals surface area (Å²) < 4.78 is 33.3. The second-order valence-electron chi connectivity index (χ2n) is 3.36. The topological polar surface area (TPSA) is 44.2 Å². The number of nitrogens with zero attached hydrogens (tertiary/aromatic N) is 2. The van der Waals surface area contributed by atoms with Crippen molar-refractivity contribution in [1.82, 2.24) is 9.97 Å². The lowest BCUT2D eigenvalue weighted by Crippen LogP contribution is -2.01. The molecule has 4 nitrogen and oxygen atoms in total. The zero-order chi connectivity index (χ0) is 13.0. The number of benzene rings is 1. The molecule has 0 bridgehead atoms. The van der Waals surface area contributed by atoms with Crippen LogP contribution < -0.4 is 9.47 Å². The number of halogens is 2. The summed E-state index contributed by atoms with van der Waals surface area (Å²) in [5.74, 6) is 0.0957. The van der Waals surface area contributed by atoms with E-state index in [2.05, 4.69) is 14.7 Å². The lowest BCUT2D eigenvalue weighted by atomic mass is 10.1. The van der Waals surface area contributed by atoms with Crippen molar-refractivity contribution in [2.75, 3.05) is 7.11 Å². The van der Waals surface area contributed by atoms with E-state index in [4.69, 9.17) is 4.74 Å². The van der Waals surface area contributed by atoms with Gasteiger partial charge >= 0.3 is 12.6 Å². The first-order valence-corrected chi connectivity index (χ1v) is 5.10. The van der Waals surface area contributed by atoms with Crippen LogP contribution >= 0.6 is 0 Å². The SMILES string of the molecule is COc1ncc(-c2cccc(OC(F)F)c2)cn1. The van der Waals surface area contributed by atoms with E-state index < -0.39 is 6.61 Å². The Morgan fingerprint density at radius 1 is 1.11 bits per heavy atom. The molecule has 6 heteroatoms. The summed E-state index contributed by atoms with van der Waals surface area (Å²) in [5.41, 5.74) is 1.38. The Balaban J connectivity index is 2.26. The van der Waals surface area contributed by atoms with Gasteiger partial charge in [0, 0.05) is 18.0 Å². The number of hydrogen-bond acceptors (Lipinski definition) is 4. The third-order valence-corrected chi connectivity index (χ3v) is 2.20. The van der Waals surface area contributed by atoms with Crippen LogP contribution in [0.25, 0.3) is 11.1 Å². The lowest BCUT2D eigenvalue weighted by Gasteiger charge is -2.06. The van der Waals surface area contributed by atoms with Crippen LogP contribution in [0.1, 0.15) is 0 Å². The standard InChI is InChI=1S/C12H10F2N2O2/c1-17-12-15-6-9(7-16-12)8-3-2-4-10(5-8)18-11(13)14/h2-7,11H,1H3. The molecule has 2 rings (SSSR count). The van der Waals surface area contributed by atoms with E-state index in [0.717, 1.165) is 0 Å². The summed E-state index contributed by atoms with van der Waals surface area (Å²) >= 11 is 0. The third-order valence-electron chi connectivity index (χ3n) is 2.20. The molecular formula is C12H10F2N2O2.